The number of esters is 1. The van der Waals surface area contributed by atoms with Crippen LogP contribution in [0.25, 0.3) is 0 Å². The van der Waals surface area contributed by atoms with Crippen molar-refractivity contribution in [2.45, 2.75) is 19.8 Å². The van der Waals surface area contributed by atoms with Gasteiger partial charge in [0.1, 0.15) is 6.54 Å². The highest BCUT2D eigenvalue weighted by molar-refractivity contribution is 7.92. The molecule has 0 N–H and O–H groups in total. The Kier molecular flexibility index (Phi) is 6.52. The van der Waals surface area contributed by atoms with Gasteiger partial charge in [-0.2, -0.15) is 0 Å². The third-order valence-corrected chi connectivity index (χ3v) is 5.85. The van der Waals surface area contributed by atoms with Crippen LogP contribution in [0.4, 0.5) is 5.69 Å². The Morgan fingerprint density at radius 3 is 2.42 bits per heavy atom. The van der Waals surface area contributed by atoms with Gasteiger partial charge >= 0.3 is 5.97 Å². The van der Waals surface area contributed by atoms with E-state index in [1.807, 2.05) is 0 Å². The van der Waals surface area contributed by atoms with Crippen molar-refractivity contribution in [1.82, 2.24) is 4.90 Å². The van der Waals surface area contributed by atoms with Gasteiger partial charge < -0.3 is 9.64 Å². The first-order valence-corrected chi connectivity index (χ1v) is 10.5. The Labute approximate surface area is 158 Å². The van der Waals surface area contributed by atoms with Crippen molar-refractivity contribution in [3.05, 3.63) is 28.8 Å². The van der Waals surface area contributed by atoms with Gasteiger partial charge in [0.05, 0.1) is 25.0 Å². The average Bonchev–Trinajstić information content (AvgIpc) is 2.58. The number of carbonyl (C=O) groups is 2. The van der Waals surface area contributed by atoms with Gasteiger partial charge in [0.2, 0.25) is 15.9 Å². The molecular formula is C17H23ClN2O5S. The predicted molar refractivity (Wildman–Crippen MR) is 99.7 cm³/mol. The van der Waals surface area contributed by atoms with Crippen molar-refractivity contribution >= 4 is 39.2 Å². The number of sulfonamides is 1. The third kappa shape index (κ3) is 4.88. The van der Waals surface area contributed by atoms with Crippen molar-refractivity contribution in [2.75, 3.05) is 37.3 Å². The minimum atomic E-state index is -3.65. The molecule has 1 amide bonds. The largest absolute Gasteiger partial charge is 0.469 e. The van der Waals surface area contributed by atoms with Gasteiger partial charge in [-0.1, -0.05) is 11.6 Å². The number of hydrogen-bond donors (Lipinski definition) is 0. The fraction of sp³-hybridized carbons (Fsp3) is 0.529. The van der Waals surface area contributed by atoms with Crippen LogP contribution < -0.4 is 4.31 Å². The highest BCUT2D eigenvalue weighted by atomic mass is 35.5. The summed E-state index contributed by atoms with van der Waals surface area (Å²) in [6.07, 6.45) is 2.09. The van der Waals surface area contributed by atoms with Gasteiger partial charge in [-0.05, 0) is 43.5 Å². The van der Waals surface area contributed by atoms with Gasteiger partial charge in [0.25, 0.3) is 0 Å². The molecule has 1 heterocycles. The molecule has 1 aliphatic heterocycles. The maximum Gasteiger partial charge on any atom is 0.308 e. The molecule has 26 heavy (non-hydrogen) atoms. The van der Waals surface area contributed by atoms with E-state index in [1.54, 1.807) is 30.0 Å². The zero-order valence-corrected chi connectivity index (χ0v) is 16.6. The second-order valence-electron chi connectivity index (χ2n) is 6.38. The lowest BCUT2D eigenvalue weighted by Gasteiger charge is -2.33. The molecule has 0 radical (unpaired) electrons. The molecule has 0 spiro atoms. The van der Waals surface area contributed by atoms with E-state index in [0.717, 1.165) is 10.6 Å². The zero-order chi connectivity index (χ0) is 19.5. The van der Waals surface area contributed by atoms with E-state index in [1.165, 1.54) is 7.11 Å². The Morgan fingerprint density at radius 2 is 1.92 bits per heavy atom. The van der Waals surface area contributed by atoms with E-state index in [-0.39, 0.29) is 24.3 Å². The number of likely N-dealkylation sites (tertiary alicyclic amines) is 1. The first-order chi connectivity index (χ1) is 12.1. The smallest absolute Gasteiger partial charge is 0.308 e. The van der Waals surface area contributed by atoms with Crippen molar-refractivity contribution in [2.24, 2.45) is 5.92 Å². The van der Waals surface area contributed by atoms with Gasteiger partial charge in [-0.15, -0.1) is 0 Å². The second kappa shape index (κ2) is 8.26. The average molecular weight is 403 g/mol. The van der Waals surface area contributed by atoms with Gasteiger partial charge in [-0.3, -0.25) is 13.9 Å². The van der Waals surface area contributed by atoms with Crippen LogP contribution in [0, 0.1) is 12.8 Å². The summed E-state index contributed by atoms with van der Waals surface area (Å²) < 4.78 is 30.3. The van der Waals surface area contributed by atoms with Crippen molar-refractivity contribution in [1.29, 1.82) is 0 Å². The minimum Gasteiger partial charge on any atom is -0.469 e. The van der Waals surface area contributed by atoms with Crippen LogP contribution in [-0.2, 0) is 24.3 Å². The molecule has 1 aliphatic rings. The Balaban J connectivity index is 2.12. The molecule has 0 aromatic heterocycles. The van der Waals surface area contributed by atoms with Crippen LogP contribution >= 0.6 is 11.6 Å². The maximum atomic E-state index is 12.6. The number of nitrogens with zero attached hydrogens (tertiary/aromatic N) is 2. The third-order valence-electron chi connectivity index (χ3n) is 4.49. The second-order valence-corrected chi connectivity index (χ2v) is 8.72. The molecule has 7 nitrogen and oxygen atoms in total. The number of carbonyl (C=O) groups excluding carboxylic acids is 2. The lowest BCUT2D eigenvalue weighted by atomic mass is 9.97. The number of hydrogen-bond acceptors (Lipinski definition) is 5. The number of aryl methyl sites for hydroxylation is 1. The molecule has 1 aromatic rings. The summed E-state index contributed by atoms with van der Waals surface area (Å²) in [5.41, 5.74) is 1.09. The molecule has 1 fully saturated rings. The number of ether oxygens (including phenoxy) is 1. The minimum absolute atomic E-state index is 0.214. The summed E-state index contributed by atoms with van der Waals surface area (Å²) in [5.74, 6) is -0.784. The molecule has 0 atom stereocenters. The number of halogens is 1. The number of piperidine rings is 1. The molecular weight excluding hydrogens is 380 g/mol. The normalized spacial score (nSPS) is 15.6. The summed E-state index contributed by atoms with van der Waals surface area (Å²) in [5, 5.41) is 0.496. The molecule has 0 saturated carbocycles. The van der Waals surface area contributed by atoms with Crippen LogP contribution in [0.15, 0.2) is 18.2 Å². The number of rotatable bonds is 5. The fourth-order valence-corrected chi connectivity index (χ4v) is 4.17. The maximum absolute atomic E-state index is 12.6. The first-order valence-electron chi connectivity index (χ1n) is 8.23. The molecule has 1 saturated heterocycles. The van der Waals surface area contributed by atoms with Crippen molar-refractivity contribution in [3.63, 3.8) is 0 Å². The highest BCUT2D eigenvalue weighted by Crippen LogP contribution is 2.26. The van der Waals surface area contributed by atoms with Crippen LogP contribution in [0.5, 0.6) is 0 Å². The van der Waals surface area contributed by atoms with Gasteiger partial charge in [0.15, 0.2) is 0 Å². The van der Waals surface area contributed by atoms with Crippen LogP contribution in [0.3, 0.4) is 0 Å². The monoisotopic (exact) mass is 402 g/mol. The lowest BCUT2D eigenvalue weighted by Crippen LogP contribution is -2.46. The van der Waals surface area contributed by atoms with E-state index < -0.39 is 10.0 Å². The summed E-state index contributed by atoms with van der Waals surface area (Å²) in [6.45, 7) is 2.25. The Bertz CT molecular complexity index is 788. The molecule has 2 rings (SSSR count). The Morgan fingerprint density at radius 1 is 1.31 bits per heavy atom. The number of anilines is 1. The first kappa shape index (κ1) is 20.5. The van der Waals surface area contributed by atoms with E-state index in [4.69, 9.17) is 16.3 Å². The predicted octanol–water partition coefficient (Wildman–Crippen LogP) is 1.83. The molecule has 144 valence electrons. The highest BCUT2D eigenvalue weighted by Gasteiger charge is 2.30. The molecule has 9 heteroatoms. The van der Waals surface area contributed by atoms with Crippen molar-refractivity contribution < 1.29 is 22.7 Å². The lowest BCUT2D eigenvalue weighted by molar-refractivity contribution is -0.148. The molecule has 0 aliphatic carbocycles. The van der Waals surface area contributed by atoms with Crippen molar-refractivity contribution in [3.8, 4) is 0 Å². The molecule has 0 bridgehead atoms. The summed E-state index contributed by atoms with van der Waals surface area (Å²) in [6, 6.07) is 4.84. The van der Waals surface area contributed by atoms with E-state index in [0.29, 0.717) is 42.2 Å². The zero-order valence-electron chi connectivity index (χ0n) is 15.1. The topological polar surface area (TPSA) is 84.0 Å². The van der Waals surface area contributed by atoms with Crippen LogP contribution in [-0.4, -0.2) is 58.2 Å². The van der Waals surface area contributed by atoms with E-state index in [9.17, 15) is 18.0 Å². The quantitative estimate of drug-likeness (QED) is 0.701. The Hall–Kier alpha value is -1.80. The number of benzene rings is 1. The molecule has 0 unspecified atom stereocenters. The number of amides is 1. The van der Waals surface area contributed by atoms with Gasteiger partial charge in [0, 0.05) is 18.1 Å². The molecule has 1 aromatic carbocycles. The summed E-state index contributed by atoms with van der Waals surface area (Å²) in [7, 11) is -2.30. The summed E-state index contributed by atoms with van der Waals surface area (Å²) in [4.78, 5) is 25.8. The summed E-state index contributed by atoms with van der Waals surface area (Å²) >= 11 is 5.93. The van der Waals surface area contributed by atoms with Crippen LogP contribution in [0.2, 0.25) is 5.02 Å². The standard InChI is InChI=1S/C17H23ClN2O5S/c1-12-10-14(18)4-5-15(12)20(26(3,23)24)11-16(21)19-8-6-13(7-9-19)17(22)25-2/h4-5,10,13H,6-9,11H2,1-3H3. The van der Waals surface area contributed by atoms with E-state index in [2.05, 4.69) is 0 Å². The number of methoxy groups -OCH3 is 1. The SMILES string of the molecule is COC(=O)C1CCN(C(=O)CN(c2ccc(Cl)cc2C)S(C)(=O)=O)CC1. The van der Waals surface area contributed by atoms with Gasteiger partial charge in [-0.25, -0.2) is 8.42 Å². The fourth-order valence-electron chi connectivity index (χ4n) is 3.03. The van der Waals surface area contributed by atoms with Crippen LogP contribution in [0.1, 0.15) is 18.4 Å². The van der Waals surface area contributed by atoms with E-state index >= 15 is 0 Å².